The molecule has 6 heteroatoms. The van der Waals surface area contributed by atoms with Gasteiger partial charge in [-0.3, -0.25) is 0 Å². The van der Waals surface area contributed by atoms with Gasteiger partial charge < -0.3 is 10.0 Å². The molecule has 0 radical (unpaired) electrons. The lowest BCUT2D eigenvalue weighted by atomic mass is 9.70. The summed E-state index contributed by atoms with van der Waals surface area (Å²) in [5, 5.41) is 18.7. The van der Waals surface area contributed by atoms with E-state index in [4.69, 9.17) is 0 Å². The average molecular weight is 905 g/mol. The van der Waals surface area contributed by atoms with Gasteiger partial charge in [-0.05, 0) is 142 Å². The van der Waals surface area contributed by atoms with Gasteiger partial charge in [0.05, 0.1) is 0 Å². The van der Waals surface area contributed by atoms with E-state index in [1.54, 1.807) is 17.4 Å². The van der Waals surface area contributed by atoms with E-state index in [1.807, 2.05) is 12.1 Å². The lowest BCUT2D eigenvalue weighted by molar-refractivity contribution is -0.132. The van der Waals surface area contributed by atoms with Crippen LogP contribution >= 0.6 is 22.7 Å². The molecule has 0 unspecified atom stereocenters. The lowest BCUT2D eigenvalue weighted by Crippen LogP contribution is -2.26. The molecule has 2 aromatic heterocycles. The van der Waals surface area contributed by atoms with Gasteiger partial charge in [-0.15, -0.1) is 22.7 Å². The molecule has 1 N–H and O–H groups in total. The standard InChI is InChI=1S/C60H60N2O2S2/c1-5-9-33-59(34-10-6-2)51-19-15-13-17-47(51)49-28-25-44(38-53(49)59)62(45-26-29-50-48-18-14-16-20-52(48)60(35-11-7-3,36-12-8-4)54(50)39-45)43-23-21-41(22-24-43)55-31-32-57(66-55)56-30-27-46(65-56)37-42(40-61)58(63)64/h13-32,37-39H,5-12,33-36H2,1-4H3,(H,63,64)/b42-37+. The number of fused-ring (bicyclic) bond motifs is 6. The Labute approximate surface area is 399 Å². The molecule has 0 saturated carbocycles. The SMILES string of the molecule is CCCCC1(CCCC)c2ccccc2-c2ccc(N(c3ccc(-c4ccc(-c5ccc(/C=C(\C#N)C(=O)O)s5)s4)cc3)c3ccc4c(c3)C(CCCC)(CCCC)c3ccccc3-4)cc21. The first-order chi connectivity index (χ1) is 32.3. The van der Waals surface area contributed by atoms with Gasteiger partial charge in [-0.2, -0.15) is 5.26 Å². The fourth-order valence-electron chi connectivity index (χ4n) is 11.1. The summed E-state index contributed by atoms with van der Waals surface area (Å²) in [4.78, 5) is 18.1. The number of nitrogens with zero attached hydrogens (tertiary/aromatic N) is 2. The molecule has 0 bridgehead atoms. The van der Waals surface area contributed by atoms with Gasteiger partial charge in [0.1, 0.15) is 11.6 Å². The third-order valence-corrected chi connectivity index (χ3v) is 16.7. The summed E-state index contributed by atoms with van der Waals surface area (Å²) < 4.78 is 0. The highest BCUT2D eigenvalue weighted by Crippen LogP contribution is 2.58. The van der Waals surface area contributed by atoms with Crippen LogP contribution in [0.15, 0.2) is 139 Å². The topological polar surface area (TPSA) is 64.3 Å². The van der Waals surface area contributed by atoms with Crippen LogP contribution in [0.5, 0.6) is 0 Å². The Morgan fingerprint density at radius 2 is 0.985 bits per heavy atom. The first-order valence-electron chi connectivity index (χ1n) is 24.2. The molecule has 2 aliphatic carbocycles. The molecule has 5 aromatic carbocycles. The third-order valence-electron chi connectivity index (χ3n) is 14.4. The molecule has 0 spiro atoms. The number of nitriles is 1. The summed E-state index contributed by atoms with van der Waals surface area (Å²) in [5.74, 6) is -1.21. The monoisotopic (exact) mass is 904 g/mol. The van der Waals surface area contributed by atoms with E-state index in [-0.39, 0.29) is 16.4 Å². The second kappa shape index (κ2) is 19.5. The number of benzene rings is 5. The van der Waals surface area contributed by atoms with Crippen LogP contribution in [0.4, 0.5) is 17.1 Å². The number of hydrogen-bond acceptors (Lipinski definition) is 5. The van der Waals surface area contributed by atoms with Crippen molar-refractivity contribution >= 4 is 51.8 Å². The van der Waals surface area contributed by atoms with Crippen molar-refractivity contribution in [1.82, 2.24) is 0 Å². The molecule has 66 heavy (non-hydrogen) atoms. The number of carboxylic acid groups (broad SMARTS) is 1. The van der Waals surface area contributed by atoms with Gasteiger partial charge >= 0.3 is 5.97 Å². The highest BCUT2D eigenvalue weighted by atomic mass is 32.1. The molecule has 0 amide bonds. The van der Waals surface area contributed by atoms with Crippen LogP contribution in [0.3, 0.4) is 0 Å². The van der Waals surface area contributed by atoms with Crippen LogP contribution in [0.1, 0.15) is 132 Å². The number of carboxylic acids is 1. The zero-order valence-electron chi connectivity index (χ0n) is 38.8. The van der Waals surface area contributed by atoms with E-state index < -0.39 is 5.97 Å². The molecule has 2 aliphatic rings. The van der Waals surface area contributed by atoms with Crippen molar-refractivity contribution in [2.24, 2.45) is 0 Å². The highest BCUT2D eigenvalue weighted by molar-refractivity contribution is 7.24. The molecular formula is C60H60N2O2S2. The first kappa shape index (κ1) is 45.2. The van der Waals surface area contributed by atoms with Crippen LogP contribution in [0.25, 0.3) is 48.5 Å². The molecule has 9 rings (SSSR count). The number of aliphatic carboxylic acids is 1. The minimum Gasteiger partial charge on any atom is -0.477 e. The normalized spacial score (nSPS) is 14.0. The minimum atomic E-state index is -1.21. The maximum absolute atomic E-state index is 11.5. The summed E-state index contributed by atoms with van der Waals surface area (Å²) >= 11 is 3.22. The fraction of sp³-hybridized carbons (Fsp3) is 0.300. The van der Waals surface area contributed by atoms with E-state index >= 15 is 0 Å². The van der Waals surface area contributed by atoms with Crippen molar-refractivity contribution in [3.05, 3.63) is 166 Å². The van der Waals surface area contributed by atoms with Crippen LogP contribution < -0.4 is 4.90 Å². The zero-order chi connectivity index (χ0) is 45.8. The molecule has 2 heterocycles. The summed E-state index contributed by atoms with van der Waals surface area (Å²) in [6.07, 6.45) is 15.5. The summed E-state index contributed by atoms with van der Waals surface area (Å²) in [6.45, 7) is 9.31. The van der Waals surface area contributed by atoms with Gasteiger partial charge in [0.2, 0.25) is 0 Å². The van der Waals surface area contributed by atoms with Gasteiger partial charge in [-0.1, -0.05) is 152 Å². The molecule has 0 atom stereocenters. The molecule has 0 fully saturated rings. The number of rotatable bonds is 19. The number of carbonyl (C=O) groups is 1. The summed E-state index contributed by atoms with van der Waals surface area (Å²) in [7, 11) is 0. The molecule has 334 valence electrons. The van der Waals surface area contributed by atoms with Gasteiger partial charge in [0.25, 0.3) is 0 Å². The van der Waals surface area contributed by atoms with Crippen LogP contribution in [-0.2, 0) is 15.6 Å². The number of anilines is 3. The fourth-order valence-corrected chi connectivity index (χ4v) is 13.2. The van der Waals surface area contributed by atoms with Crippen LogP contribution in [-0.4, -0.2) is 11.1 Å². The minimum absolute atomic E-state index is 0.0245. The molecule has 0 saturated heterocycles. The number of thiophene rings is 2. The second-order valence-electron chi connectivity index (χ2n) is 18.4. The van der Waals surface area contributed by atoms with E-state index in [9.17, 15) is 15.2 Å². The Morgan fingerprint density at radius 3 is 1.47 bits per heavy atom. The Bertz CT molecular complexity index is 2810. The second-order valence-corrected chi connectivity index (χ2v) is 20.6. The Hall–Kier alpha value is -6.00. The zero-order valence-corrected chi connectivity index (χ0v) is 40.5. The quantitative estimate of drug-likeness (QED) is 0.0649. The molecule has 0 aliphatic heterocycles. The lowest BCUT2D eigenvalue weighted by Gasteiger charge is -2.35. The summed E-state index contributed by atoms with van der Waals surface area (Å²) in [6, 6.07) is 52.3. The van der Waals surface area contributed by atoms with Crippen LogP contribution in [0.2, 0.25) is 0 Å². The largest absolute Gasteiger partial charge is 0.477 e. The van der Waals surface area contributed by atoms with Gasteiger partial charge in [0.15, 0.2) is 0 Å². The predicted octanol–water partition coefficient (Wildman–Crippen LogP) is 17.9. The van der Waals surface area contributed by atoms with Crippen molar-refractivity contribution in [1.29, 1.82) is 5.26 Å². The van der Waals surface area contributed by atoms with E-state index in [2.05, 4.69) is 154 Å². The van der Waals surface area contributed by atoms with E-state index in [0.29, 0.717) is 0 Å². The van der Waals surface area contributed by atoms with E-state index in [0.717, 1.165) is 56.4 Å². The van der Waals surface area contributed by atoms with E-state index in [1.165, 1.54) is 125 Å². The number of unbranched alkanes of at least 4 members (excludes halogenated alkanes) is 4. The van der Waals surface area contributed by atoms with Crippen molar-refractivity contribution in [2.75, 3.05) is 4.90 Å². The summed E-state index contributed by atoms with van der Waals surface area (Å²) in [5.41, 5.74) is 15.9. The number of hydrogen-bond donors (Lipinski definition) is 1. The van der Waals surface area contributed by atoms with Gasteiger partial charge in [-0.25, -0.2) is 4.79 Å². The van der Waals surface area contributed by atoms with Crippen LogP contribution in [0, 0.1) is 11.3 Å². The molecular weight excluding hydrogens is 845 g/mol. The predicted molar refractivity (Wildman–Crippen MR) is 280 cm³/mol. The Balaban J connectivity index is 1.17. The van der Waals surface area contributed by atoms with Crippen molar-refractivity contribution < 1.29 is 9.90 Å². The Morgan fingerprint density at radius 1 is 0.545 bits per heavy atom. The Kier molecular flexibility index (Phi) is 13.3. The average Bonchev–Trinajstić information content (AvgIpc) is 4.14. The van der Waals surface area contributed by atoms with Gasteiger partial charge in [0, 0.05) is 47.4 Å². The van der Waals surface area contributed by atoms with Crippen molar-refractivity contribution in [3.8, 4) is 48.5 Å². The smallest absolute Gasteiger partial charge is 0.346 e. The third kappa shape index (κ3) is 8.16. The highest BCUT2D eigenvalue weighted by Gasteiger charge is 2.44. The van der Waals surface area contributed by atoms with Crippen molar-refractivity contribution in [3.63, 3.8) is 0 Å². The maximum atomic E-state index is 11.5. The first-order valence-corrected chi connectivity index (χ1v) is 25.9. The maximum Gasteiger partial charge on any atom is 0.346 e. The molecule has 4 nitrogen and oxygen atoms in total. The molecule has 7 aromatic rings. The van der Waals surface area contributed by atoms with Crippen molar-refractivity contribution in [2.45, 2.75) is 116 Å².